The van der Waals surface area contributed by atoms with Gasteiger partial charge >= 0.3 is 6.09 Å². The van der Waals surface area contributed by atoms with Crippen LogP contribution in [0.2, 0.25) is 5.15 Å². The molecule has 2 saturated heterocycles. The molecule has 3 atom stereocenters. The molecule has 1 aromatic heterocycles. The minimum atomic E-state index is -0.500. The number of fused-ring (bicyclic) bond motifs is 1. The van der Waals surface area contributed by atoms with Gasteiger partial charge in [0.05, 0.1) is 0 Å². The van der Waals surface area contributed by atoms with Crippen molar-refractivity contribution in [2.45, 2.75) is 51.7 Å². The highest BCUT2D eigenvalue weighted by Gasteiger charge is 2.49. The predicted molar refractivity (Wildman–Crippen MR) is 111 cm³/mol. The third-order valence-corrected chi connectivity index (χ3v) is 6.20. The first-order valence-corrected chi connectivity index (χ1v) is 10.8. The zero-order chi connectivity index (χ0) is 20.8. The molecule has 0 radical (unpaired) electrons. The molecule has 1 saturated carbocycles. The zero-order valence-corrected chi connectivity index (χ0v) is 18.0. The van der Waals surface area contributed by atoms with Crippen molar-refractivity contribution in [3.8, 4) is 0 Å². The van der Waals surface area contributed by atoms with E-state index in [2.05, 4.69) is 15.2 Å². The van der Waals surface area contributed by atoms with Gasteiger partial charge in [0.1, 0.15) is 16.6 Å². The molecule has 1 aromatic rings. The molecule has 3 aliphatic rings. The molecule has 0 spiro atoms. The minimum Gasteiger partial charge on any atom is -0.444 e. The number of hydrogen-bond donors (Lipinski definition) is 1. The number of ether oxygens (including phenoxy) is 1. The molecule has 1 aliphatic carbocycles. The number of carbonyl (C=O) groups excluding carboxylic acids is 2. The molecule has 4 rings (SSSR count). The number of halogens is 1. The summed E-state index contributed by atoms with van der Waals surface area (Å²) in [6, 6.07) is 3.51. The Hall–Kier alpha value is -2.02. The van der Waals surface area contributed by atoms with Crippen LogP contribution in [0, 0.1) is 11.8 Å². The molecule has 0 aromatic carbocycles. The molecule has 1 N–H and O–H groups in total. The van der Waals surface area contributed by atoms with E-state index in [1.54, 1.807) is 11.0 Å². The molecule has 3 heterocycles. The van der Waals surface area contributed by atoms with Crippen LogP contribution in [0.3, 0.4) is 0 Å². The maximum atomic E-state index is 12.8. The van der Waals surface area contributed by atoms with Crippen molar-refractivity contribution in [1.82, 2.24) is 15.2 Å². The average molecular weight is 421 g/mol. The van der Waals surface area contributed by atoms with Crippen molar-refractivity contribution in [2.24, 2.45) is 11.8 Å². The van der Waals surface area contributed by atoms with E-state index in [0.29, 0.717) is 29.7 Å². The highest BCUT2D eigenvalue weighted by Crippen LogP contribution is 2.41. The lowest BCUT2D eigenvalue weighted by Crippen LogP contribution is -2.52. The van der Waals surface area contributed by atoms with Crippen LogP contribution in [0.15, 0.2) is 12.1 Å². The number of hydrogen-bond acceptors (Lipinski definition) is 5. The Labute approximate surface area is 176 Å². The molecule has 3 fully saturated rings. The van der Waals surface area contributed by atoms with Crippen LogP contribution in [0.25, 0.3) is 0 Å². The summed E-state index contributed by atoms with van der Waals surface area (Å²) in [5.74, 6) is 1.34. The topological polar surface area (TPSA) is 74.8 Å². The molecule has 158 valence electrons. The van der Waals surface area contributed by atoms with E-state index in [1.807, 2.05) is 26.8 Å². The molecule has 7 nitrogen and oxygen atoms in total. The average Bonchev–Trinajstić information content (AvgIpc) is 3.25. The first kappa shape index (κ1) is 20.3. The molecule has 29 heavy (non-hydrogen) atoms. The number of likely N-dealkylation sites (tertiary alicyclic amines) is 1. The monoisotopic (exact) mass is 420 g/mol. The van der Waals surface area contributed by atoms with Crippen LogP contribution < -0.4 is 10.2 Å². The number of rotatable bonds is 3. The summed E-state index contributed by atoms with van der Waals surface area (Å²) < 4.78 is 5.48. The highest BCUT2D eigenvalue weighted by molar-refractivity contribution is 6.29. The number of aromatic nitrogens is 1. The molecule has 2 aliphatic heterocycles. The quantitative estimate of drug-likeness (QED) is 0.759. The van der Waals surface area contributed by atoms with Crippen LogP contribution in [0.5, 0.6) is 0 Å². The standard InChI is InChI=1S/C21H29ClN4O3/c1-21(2,3)29-20(28)26-11-14-8-16(15(14)12-26)23-19(27)13-9-17(22)24-18(10-13)25-6-4-5-7-25/h9-10,14-16H,4-8,11-12H2,1-3H3,(H,23,27). The van der Waals surface area contributed by atoms with Crippen molar-refractivity contribution in [2.75, 3.05) is 31.1 Å². The lowest BCUT2D eigenvalue weighted by Gasteiger charge is -2.39. The molecule has 2 amide bonds. The second-order valence-corrected chi connectivity index (χ2v) is 9.74. The molecular formula is C21H29ClN4O3. The molecular weight excluding hydrogens is 392 g/mol. The van der Waals surface area contributed by atoms with Gasteiger partial charge in [-0.05, 0) is 58.1 Å². The number of nitrogens with zero attached hydrogens (tertiary/aromatic N) is 3. The van der Waals surface area contributed by atoms with Gasteiger partial charge in [-0.3, -0.25) is 4.79 Å². The van der Waals surface area contributed by atoms with Crippen LogP contribution in [-0.4, -0.2) is 59.7 Å². The Morgan fingerprint density at radius 1 is 1.21 bits per heavy atom. The largest absolute Gasteiger partial charge is 0.444 e. The fraction of sp³-hybridized carbons (Fsp3) is 0.667. The number of amides is 2. The van der Waals surface area contributed by atoms with Gasteiger partial charge < -0.3 is 19.9 Å². The van der Waals surface area contributed by atoms with Gasteiger partial charge in [-0.2, -0.15) is 0 Å². The van der Waals surface area contributed by atoms with E-state index < -0.39 is 5.60 Å². The molecule has 3 unspecified atom stereocenters. The normalized spacial score (nSPS) is 26.1. The first-order valence-electron chi connectivity index (χ1n) is 10.4. The summed E-state index contributed by atoms with van der Waals surface area (Å²) in [7, 11) is 0. The lowest BCUT2D eigenvalue weighted by molar-refractivity contribution is 0.0288. The summed E-state index contributed by atoms with van der Waals surface area (Å²) >= 11 is 6.18. The minimum absolute atomic E-state index is 0.0714. The number of carbonyl (C=O) groups is 2. The van der Waals surface area contributed by atoms with Gasteiger partial charge in [0.15, 0.2) is 0 Å². The van der Waals surface area contributed by atoms with Crippen molar-refractivity contribution < 1.29 is 14.3 Å². The van der Waals surface area contributed by atoms with Crippen molar-refractivity contribution >= 4 is 29.4 Å². The van der Waals surface area contributed by atoms with Crippen molar-refractivity contribution in [3.05, 3.63) is 22.8 Å². The van der Waals surface area contributed by atoms with Gasteiger partial charge in [0.25, 0.3) is 5.91 Å². The third-order valence-electron chi connectivity index (χ3n) is 6.01. The van der Waals surface area contributed by atoms with Gasteiger partial charge in [0.2, 0.25) is 0 Å². The van der Waals surface area contributed by atoms with Crippen LogP contribution in [0.1, 0.15) is 50.4 Å². The van der Waals surface area contributed by atoms with Crippen molar-refractivity contribution in [1.29, 1.82) is 0 Å². The van der Waals surface area contributed by atoms with E-state index in [9.17, 15) is 9.59 Å². The van der Waals surface area contributed by atoms with E-state index in [-0.39, 0.29) is 24.0 Å². The van der Waals surface area contributed by atoms with Gasteiger partial charge in [-0.15, -0.1) is 0 Å². The fourth-order valence-electron chi connectivity index (χ4n) is 4.52. The Kier molecular flexibility index (Phi) is 5.36. The lowest BCUT2D eigenvalue weighted by atomic mass is 9.71. The summed E-state index contributed by atoms with van der Waals surface area (Å²) in [6.45, 7) is 8.83. The van der Waals surface area contributed by atoms with E-state index in [1.165, 1.54) is 0 Å². The predicted octanol–water partition coefficient (Wildman–Crippen LogP) is 3.32. The van der Waals surface area contributed by atoms with Gasteiger partial charge in [0, 0.05) is 43.7 Å². The fourth-order valence-corrected chi connectivity index (χ4v) is 4.73. The Bertz CT molecular complexity index is 804. The maximum absolute atomic E-state index is 12.8. The Morgan fingerprint density at radius 2 is 1.93 bits per heavy atom. The number of nitrogens with one attached hydrogen (secondary N) is 1. The third kappa shape index (κ3) is 4.44. The van der Waals surface area contributed by atoms with Crippen molar-refractivity contribution in [3.63, 3.8) is 0 Å². The van der Waals surface area contributed by atoms with Gasteiger partial charge in [-0.25, -0.2) is 9.78 Å². The zero-order valence-electron chi connectivity index (χ0n) is 17.3. The van der Waals surface area contributed by atoms with E-state index >= 15 is 0 Å². The van der Waals surface area contributed by atoms with Gasteiger partial charge in [-0.1, -0.05) is 11.6 Å². The smallest absolute Gasteiger partial charge is 0.410 e. The second-order valence-electron chi connectivity index (χ2n) is 9.36. The maximum Gasteiger partial charge on any atom is 0.410 e. The second kappa shape index (κ2) is 7.67. The van der Waals surface area contributed by atoms with E-state index in [0.717, 1.165) is 38.2 Å². The van der Waals surface area contributed by atoms with Crippen LogP contribution >= 0.6 is 11.6 Å². The first-order chi connectivity index (χ1) is 13.7. The SMILES string of the molecule is CC(C)(C)OC(=O)N1CC2CC(NC(=O)c3cc(Cl)nc(N4CCCC4)c3)C2C1. The summed E-state index contributed by atoms with van der Waals surface area (Å²) in [5.41, 5.74) is 0.0392. The molecule has 8 heteroatoms. The summed E-state index contributed by atoms with van der Waals surface area (Å²) in [5, 5.41) is 3.47. The highest BCUT2D eigenvalue weighted by atomic mass is 35.5. The van der Waals surface area contributed by atoms with E-state index in [4.69, 9.17) is 16.3 Å². The van der Waals surface area contributed by atoms with Crippen LogP contribution in [0.4, 0.5) is 10.6 Å². The van der Waals surface area contributed by atoms with Crippen LogP contribution in [-0.2, 0) is 4.74 Å². The summed E-state index contributed by atoms with van der Waals surface area (Å²) in [4.78, 5) is 33.5. The number of anilines is 1. The number of pyridine rings is 1. The Morgan fingerprint density at radius 3 is 2.62 bits per heavy atom. The summed E-state index contributed by atoms with van der Waals surface area (Å²) in [6.07, 6.45) is 2.88. The molecule has 0 bridgehead atoms. The Balaban J connectivity index is 1.36.